The van der Waals surface area contributed by atoms with Crippen molar-refractivity contribution in [1.29, 1.82) is 0 Å². The van der Waals surface area contributed by atoms with Crippen LogP contribution in [0.25, 0.3) is 0 Å². The highest BCUT2D eigenvalue weighted by Crippen LogP contribution is 2.22. The van der Waals surface area contributed by atoms with E-state index in [2.05, 4.69) is 0 Å². The number of carbonyl (C=O) groups is 1. The maximum absolute atomic E-state index is 11.3. The smallest absolute Gasteiger partial charge is 0.138 e. The lowest BCUT2D eigenvalue weighted by Gasteiger charge is -2.23. The molecule has 0 fully saturated rings. The number of carbonyl (C=O) groups excluding carboxylic acids is 1. The first kappa shape index (κ1) is 10.9. The number of aliphatic hydroxyl groups is 1. The number of Topliss-reactive ketones (excluding diaryl/α,β-unsaturated/α-hetero) is 1. The summed E-state index contributed by atoms with van der Waals surface area (Å²) in [7, 11) is 0. The van der Waals surface area contributed by atoms with Crippen LogP contribution in [0.3, 0.4) is 0 Å². The minimum Gasteiger partial charge on any atom is -0.395 e. The largest absolute Gasteiger partial charge is 0.395 e. The Morgan fingerprint density at radius 2 is 1.93 bits per heavy atom. The van der Waals surface area contributed by atoms with E-state index < -0.39 is 5.41 Å². The fourth-order valence-corrected chi connectivity index (χ4v) is 1.34. The molecule has 0 heterocycles. The normalized spacial score (nSPS) is 14.8. The molecular formula is C12H16O2. The van der Waals surface area contributed by atoms with E-state index in [0.717, 1.165) is 5.56 Å². The number of rotatable bonds is 4. The summed E-state index contributed by atoms with van der Waals surface area (Å²) in [5.74, 6) is 0.0313. The summed E-state index contributed by atoms with van der Waals surface area (Å²) in [6.45, 7) is 3.22. The van der Waals surface area contributed by atoms with Crippen LogP contribution in [0.1, 0.15) is 19.4 Å². The lowest BCUT2D eigenvalue weighted by Crippen LogP contribution is -2.32. The van der Waals surface area contributed by atoms with Crippen molar-refractivity contribution in [3.63, 3.8) is 0 Å². The first-order valence-corrected chi connectivity index (χ1v) is 4.74. The van der Waals surface area contributed by atoms with Gasteiger partial charge < -0.3 is 5.11 Å². The second-order valence-electron chi connectivity index (χ2n) is 3.94. The molecule has 76 valence electrons. The first-order valence-electron chi connectivity index (χ1n) is 4.74. The maximum Gasteiger partial charge on any atom is 0.138 e. The number of benzene rings is 1. The van der Waals surface area contributed by atoms with Gasteiger partial charge in [0.15, 0.2) is 0 Å². The van der Waals surface area contributed by atoms with Crippen LogP contribution in [0.5, 0.6) is 0 Å². The van der Waals surface area contributed by atoms with Crippen molar-refractivity contribution in [3.05, 3.63) is 35.9 Å². The van der Waals surface area contributed by atoms with Crippen LogP contribution in [0, 0.1) is 5.41 Å². The Balaban J connectivity index is 2.81. The zero-order chi connectivity index (χ0) is 10.6. The Morgan fingerprint density at radius 1 is 1.36 bits per heavy atom. The van der Waals surface area contributed by atoms with Crippen molar-refractivity contribution in [2.45, 2.75) is 20.3 Å². The molecule has 14 heavy (non-hydrogen) atoms. The quantitative estimate of drug-likeness (QED) is 0.790. The third-order valence-electron chi connectivity index (χ3n) is 2.64. The molecule has 0 bridgehead atoms. The minimum atomic E-state index is -0.638. The molecular weight excluding hydrogens is 176 g/mol. The van der Waals surface area contributed by atoms with Gasteiger partial charge in [0.1, 0.15) is 5.78 Å². The van der Waals surface area contributed by atoms with Gasteiger partial charge in [0.05, 0.1) is 12.0 Å². The Morgan fingerprint density at radius 3 is 2.36 bits per heavy atom. The molecule has 0 amide bonds. The Kier molecular flexibility index (Phi) is 3.42. The molecule has 0 aliphatic carbocycles. The van der Waals surface area contributed by atoms with Crippen molar-refractivity contribution in [2.75, 3.05) is 6.61 Å². The molecule has 1 rings (SSSR count). The molecule has 1 N–H and O–H groups in total. The highest BCUT2D eigenvalue weighted by Gasteiger charge is 2.28. The minimum absolute atomic E-state index is 0.0313. The zero-order valence-electron chi connectivity index (χ0n) is 8.66. The van der Waals surface area contributed by atoms with Crippen LogP contribution in [0.2, 0.25) is 0 Å². The predicted molar refractivity (Wildman–Crippen MR) is 56.0 cm³/mol. The maximum atomic E-state index is 11.3. The first-order chi connectivity index (χ1) is 6.58. The topological polar surface area (TPSA) is 37.3 Å². The molecule has 0 spiro atoms. The molecule has 1 unspecified atom stereocenters. The van der Waals surface area contributed by atoms with Crippen molar-refractivity contribution in [1.82, 2.24) is 0 Å². The second kappa shape index (κ2) is 4.38. The van der Waals surface area contributed by atoms with E-state index in [9.17, 15) is 9.90 Å². The van der Waals surface area contributed by atoms with Crippen LogP contribution < -0.4 is 0 Å². The summed E-state index contributed by atoms with van der Waals surface area (Å²) < 4.78 is 0. The van der Waals surface area contributed by atoms with Gasteiger partial charge in [-0.15, -0.1) is 0 Å². The van der Waals surface area contributed by atoms with E-state index in [1.54, 1.807) is 6.92 Å². The van der Waals surface area contributed by atoms with Crippen molar-refractivity contribution >= 4 is 5.78 Å². The molecule has 2 heteroatoms. The Hall–Kier alpha value is -1.15. The van der Waals surface area contributed by atoms with Gasteiger partial charge in [-0.1, -0.05) is 37.3 Å². The average molecular weight is 192 g/mol. The van der Waals surface area contributed by atoms with Gasteiger partial charge in [0.2, 0.25) is 0 Å². The van der Waals surface area contributed by atoms with Gasteiger partial charge in [-0.25, -0.2) is 0 Å². The van der Waals surface area contributed by atoms with Crippen LogP contribution in [0.4, 0.5) is 0 Å². The lowest BCUT2D eigenvalue weighted by atomic mass is 9.81. The third-order valence-corrected chi connectivity index (χ3v) is 2.64. The highest BCUT2D eigenvalue weighted by molar-refractivity contribution is 5.82. The van der Waals surface area contributed by atoms with Crippen molar-refractivity contribution in [3.8, 4) is 0 Å². The van der Waals surface area contributed by atoms with Gasteiger partial charge in [-0.05, 0) is 18.9 Å². The second-order valence-corrected chi connectivity index (χ2v) is 3.94. The number of hydrogen-bond acceptors (Lipinski definition) is 2. The summed E-state index contributed by atoms with van der Waals surface area (Å²) in [6.07, 6.45) is 0.597. The molecule has 1 aromatic rings. The van der Waals surface area contributed by atoms with Gasteiger partial charge in [-0.3, -0.25) is 4.79 Å². The predicted octanol–water partition coefficient (Wildman–Crippen LogP) is 1.82. The average Bonchev–Trinajstić information content (AvgIpc) is 2.19. The SMILES string of the molecule is CC(=O)C(C)(CO)Cc1ccccc1. The van der Waals surface area contributed by atoms with E-state index in [0.29, 0.717) is 6.42 Å². The van der Waals surface area contributed by atoms with Crippen LogP contribution in [0.15, 0.2) is 30.3 Å². The summed E-state index contributed by atoms with van der Waals surface area (Å²) in [5.41, 5.74) is 0.445. The van der Waals surface area contributed by atoms with Crippen molar-refractivity contribution < 1.29 is 9.90 Å². The van der Waals surface area contributed by atoms with E-state index >= 15 is 0 Å². The molecule has 0 saturated heterocycles. The fraction of sp³-hybridized carbons (Fsp3) is 0.417. The summed E-state index contributed by atoms with van der Waals surface area (Å²) in [5, 5.41) is 9.20. The summed E-state index contributed by atoms with van der Waals surface area (Å²) >= 11 is 0. The molecule has 1 atom stereocenters. The molecule has 1 aromatic carbocycles. The molecule has 2 nitrogen and oxygen atoms in total. The molecule has 0 saturated carbocycles. The van der Waals surface area contributed by atoms with Gasteiger partial charge in [-0.2, -0.15) is 0 Å². The lowest BCUT2D eigenvalue weighted by molar-refractivity contribution is -0.127. The van der Waals surface area contributed by atoms with E-state index in [1.807, 2.05) is 30.3 Å². The number of ketones is 1. The molecule has 0 aliphatic rings. The van der Waals surface area contributed by atoms with E-state index in [1.165, 1.54) is 6.92 Å². The Bertz CT molecular complexity index is 305. The van der Waals surface area contributed by atoms with E-state index in [-0.39, 0.29) is 12.4 Å². The van der Waals surface area contributed by atoms with Gasteiger partial charge in [0.25, 0.3) is 0 Å². The Labute approximate surface area is 84.6 Å². The highest BCUT2D eigenvalue weighted by atomic mass is 16.3. The summed E-state index contributed by atoms with van der Waals surface area (Å²) in [4.78, 5) is 11.3. The summed E-state index contributed by atoms with van der Waals surface area (Å²) in [6, 6.07) is 9.75. The monoisotopic (exact) mass is 192 g/mol. The fourth-order valence-electron chi connectivity index (χ4n) is 1.34. The van der Waals surface area contributed by atoms with Crippen LogP contribution in [-0.4, -0.2) is 17.5 Å². The van der Waals surface area contributed by atoms with E-state index in [4.69, 9.17) is 0 Å². The van der Waals surface area contributed by atoms with Crippen LogP contribution in [-0.2, 0) is 11.2 Å². The van der Waals surface area contributed by atoms with Gasteiger partial charge in [0, 0.05) is 0 Å². The van der Waals surface area contributed by atoms with Crippen molar-refractivity contribution in [2.24, 2.45) is 5.41 Å². The third kappa shape index (κ3) is 2.42. The standard InChI is InChI=1S/C12H16O2/c1-10(14)12(2,9-13)8-11-6-4-3-5-7-11/h3-7,13H,8-9H2,1-2H3. The number of hydrogen-bond donors (Lipinski definition) is 1. The number of aliphatic hydroxyl groups excluding tert-OH is 1. The molecule has 0 aliphatic heterocycles. The molecule has 0 radical (unpaired) electrons. The molecule has 0 aromatic heterocycles. The zero-order valence-corrected chi connectivity index (χ0v) is 8.66. The van der Waals surface area contributed by atoms with Gasteiger partial charge >= 0.3 is 0 Å². The van der Waals surface area contributed by atoms with Crippen LogP contribution >= 0.6 is 0 Å².